The minimum absolute atomic E-state index is 0.0120. The Morgan fingerprint density at radius 1 is 0.956 bits per heavy atom. The summed E-state index contributed by atoms with van der Waals surface area (Å²) in [5.74, 6) is -1.83. The highest BCUT2D eigenvalue weighted by atomic mass is 16.6. The number of rotatable bonds is 11. The standard InChI is InChI=1S/C33H32N4O8/c1-20-3-9-23(10-4-20)32(39)43-19-29-28(45-33(40)24-11-5-21(2)6-12-24)17-27(44-29)26-18-35-31(30(34)38)36(26)16-15-22-7-13-25(14-8-22)37(41)42/h3-14,18,27-29H,15-17,19H2,1-2H3,(H2,34,38)/t27-,28+,29-/m1/s1. The molecule has 0 radical (unpaired) electrons. The predicted octanol–water partition coefficient (Wildman–Crippen LogP) is 4.66. The van der Waals surface area contributed by atoms with Crippen molar-refractivity contribution < 1.29 is 33.5 Å². The number of carbonyl (C=O) groups is 3. The van der Waals surface area contributed by atoms with Gasteiger partial charge in [-0.1, -0.05) is 47.5 Å². The van der Waals surface area contributed by atoms with Gasteiger partial charge in [-0.05, 0) is 50.1 Å². The number of ether oxygens (including phenoxy) is 3. The van der Waals surface area contributed by atoms with Crippen molar-refractivity contribution >= 4 is 23.5 Å². The lowest BCUT2D eigenvalue weighted by Gasteiger charge is -2.19. The number of hydrogen-bond acceptors (Lipinski definition) is 9. The second-order valence-corrected chi connectivity index (χ2v) is 10.9. The summed E-state index contributed by atoms with van der Waals surface area (Å²) in [5, 5.41) is 11.0. The molecule has 2 heterocycles. The van der Waals surface area contributed by atoms with Gasteiger partial charge in [0.15, 0.2) is 5.82 Å². The number of imidazole rings is 1. The Labute approximate surface area is 258 Å². The van der Waals surface area contributed by atoms with Gasteiger partial charge in [0.05, 0.1) is 27.9 Å². The van der Waals surface area contributed by atoms with E-state index in [4.69, 9.17) is 19.9 Å². The number of aromatic nitrogens is 2. The SMILES string of the molecule is Cc1ccc(C(=O)OC[C@H]2O[C@@H](c3cnc(C(N)=O)n3CCc3ccc([N+](=O)[O-])cc3)C[C@@H]2OC(=O)c2ccc(C)cc2)cc1. The summed E-state index contributed by atoms with van der Waals surface area (Å²) in [5.41, 5.74) is 9.64. The maximum Gasteiger partial charge on any atom is 0.338 e. The Hall–Kier alpha value is -5.36. The molecule has 1 aromatic heterocycles. The number of esters is 2. The monoisotopic (exact) mass is 612 g/mol. The van der Waals surface area contributed by atoms with Crippen LogP contribution in [0.15, 0.2) is 79.0 Å². The number of non-ortho nitro benzene ring substituents is 1. The lowest BCUT2D eigenvalue weighted by atomic mass is 10.1. The molecule has 12 nitrogen and oxygen atoms in total. The molecule has 1 amide bonds. The van der Waals surface area contributed by atoms with E-state index in [9.17, 15) is 24.5 Å². The average Bonchev–Trinajstić information content (AvgIpc) is 3.63. The van der Waals surface area contributed by atoms with Crippen molar-refractivity contribution in [3.05, 3.63) is 128 Å². The van der Waals surface area contributed by atoms with Crippen molar-refractivity contribution in [2.45, 2.75) is 51.5 Å². The molecule has 1 fully saturated rings. The summed E-state index contributed by atoms with van der Waals surface area (Å²) in [6.07, 6.45) is -0.177. The molecule has 0 aliphatic carbocycles. The largest absolute Gasteiger partial charge is 0.459 e. The molecule has 4 aromatic rings. The van der Waals surface area contributed by atoms with Gasteiger partial charge in [-0.15, -0.1) is 0 Å². The molecule has 1 aliphatic rings. The van der Waals surface area contributed by atoms with Crippen LogP contribution in [0.25, 0.3) is 0 Å². The fourth-order valence-corrected chi connectivity index (χ4v) is 5.11. The van der Waals surface area contributed by atoms with Gasteiger partial charge in [0.2, 0.25) is 0 Å². The van der Waals surface area contributed by atoms with E-state index in [2.05, 4.69) is 4.98 Å². The van der Waals surface area contributed by atoms with E-state index < -0.39 is 41.1 Å². The number of hydrogen-bond donors (Lipinski definition) is 1. The zero-order valence-corrected chi connectivity index (χ0v) is 24.8. The Morgan fingerprint density at radius 2 is 1.56 bits per heavy atom. The smallest absolute Gasteiger partial charge is 0.338 e. The van der Waals surface area contributed by atoms with Crippen molar-refractivity contribution in [1.29, 1.82) is 0 Å². The first-order chi connectivity index (χ1) is 21.6. The van der Waals surface area contributed by atoms with Gasteiger partial charge >= 0.3 is 11.9 Å². The van der Waals surface area contributed by atoms with Crippen LogP contribution in [0.5, 0.6) is 0 Å². The van der Waals surface area contributed by atoms with E-state index >= 15 is 0 Å². The number of primary amides is 1. The first-order valence-electron chi connectivity index (χ1n) is 14.3. The molecule has 2 N–H and O–H groups in total. The molecule has 0 spiro atoms. The number of nitro benzene ring substituents is 1. The number of nitrogens with zero attached hydrogens (tertiary/aromatic N) is 3. The molecule has 3 aromatic carbocycles. The summed E-state index contributed by atoms with van der Waals surface area (Å²) in [6, 6.07) is 20.0. The van der Waals surface area contributed by atoms with Crippen LogP contribution in [0, 0.1) is 24.0 Å². The summed E-state index contributed by atoms with van der Waals surface area (Å²) < 4.78 is 19.4. The molecule has 5 rings (SSSR count). The van der Waals surface area contributed by atoms with Crippen LogP contribution >= 0.6 is 0 Å². The van der Waals surface area contributed by atoms with E-state index in [1.54, 1.807) is 65.2 Å². The first-order valence-corrected chi connectivity index (χ1v) is 14.3. The molecule has 12 heteroatoms. The predicted molar refractivity (Wildman–Crippen MR) is 162 cm³/mol. The van der Waals surface area contributed by atoms with Gasteiger partial charge in [0, 0.05) is 25.1 Å². The summed E-state index contributed by atoms with van der Waals surface area (Å²) in [6.45, 7) is 3.91. The molecule has 45 heavy (non-hydrogen) atoms. The van der Waals surface area contributed by atoms with Crippen LogP contribution in [-0.2, 0) is 27.2 Å². The molecule has 0 bridgehead atoms. The van der Waals surface area contributed by atoms with Crippen molar-refractivity contribution in [2.75, 3.05) is 6.61 Å². The zero-order chi connectivity index (χ0) is 32.1. The second kappa shape index (κ2) is 13.5. The van der Waals surface area contributed by atoms with E-state index in [0.29, 0.717) is 23.2 Å². The summed E-state index contributed by atoms with van der Waals surface area (Å²) in [4.78, 5) is 52.9. The lowest BCUT2D eigenvalue weighted by molar-refractivity contribution is -0.384. The number of carbonyl (C=O) groups excluding carboxylic acids is 3. The fourth-order valence-electron chi connectivity index (χ4n) is 5.11. The van der Waals surface area contributed by atoms with Gasteiger partial charge in [0.1, 0.15) is 24.9 Å². The van der Waals surface area contributed by atoms with Gasteiger partial charge in [0.25, 0.3) is 11.6 Å². The fraction of sp³-hybridized carbons (Fsp3) is 0.273. The molecule has 0 saturated carbocycles. The Balaban J connectivity index is 1.36. The summed E-state index contributed by atoms with van der Waals surface area (Å²) >= 11 is 0. The third kappa shape index (κ3) is 7.42. The number of nitro groups is 1. The first kappa shape index (κ1) is 31.1. The number of amides is 1. The van der Waals surface area contributed by atoms with Crippen LogP contribution in [0.4, 0.5) is 5.69 Å². The molecule has 1 saturated heterocycles. The quantitative estimate of drug-likeness (QED) is 0.144. The highest BCUT2D eigenvalue weighted by Gasteiger charge is 2.41. The highest BCUT2D eigenvalue weighted by Crippen LogP contribution is 2.36. The van der Waals surface area contributed by atoms with Crippen LogP contribution in [0.2, 0.25) is 0 Å². The van der Waals surface area contributed by atoms with E-state index in [-0.39, 0.29) is 31.1 Å². The topological polar surface area (TPSA) is 166 Å². The van der Waals surface area contributed by atoms with Crippen LogP contribution in [-0.4, -0.2) is 51.1 Å². The van der Waals surface area contributed by atoms with Crippen LogP contribution in [0.1, 0.15) is 66.2 Å². The number of nitrogens with two attached hydrogens (primary N) is 1. The Morgan fingerprint density at radius 3 is 2.13 bits per heavy atom. The third-order valence-corrected chi connectivity index (χ3v) is 7.62. The van der Waals surface area contributed by atoms with Crippen LogP contribution < -0.4 is 5.73 Å². The maximum atomic E-state index is 13.1. The van der Waals surface area contributed by atoms with E-state index in [0.717, 1.165) is 16.7 Å². The Kier molecular flexibility index (Phi) is 9.33. The molecule has 0 unspecified atom stereocenters. The average molecular weight is 613 g/mol. The normalized spacial score (nSPS) is 17.5. The second-order valence-electron chi connectivity index (χ2n) is 10.9. The van der Waals surface area contributed by atoms with Crippen molar-refractivity contribution in [1.82, 2.24) is 9.55 Å². The van der Waals surface area contributed by atoms with Gasteiger partial charge in [-0.25, -0.2) is 14.6 Å². The Bertz CT molecular complexity index is 1700. The third-order valence-electron chi connectivity index (χ3n) is 7.62. The van der Waals surface area contributed by atoms with Crippen LogP contribution in [0.3, 0.4) is 0 Å². The van der Waals surface area contributed by atoms with E-state index in [1.165, 1.54) is 18.3 Å². The van der Waals surface area contributed by atoms with Crippen molar-refractivity contribution in [3.63, 3.8) is 0 Å². The minimum Gasteiger partial charge on any atom is -0.459 e. The maximum absolute atomic E-state index is 13.1. The van der Waals surface area contributed by atoms with Gasteiger partial charge in [-0.2, -0.15) is 0 Å². The molecule has 1 aliphatic heterocycles. The van der Waals surface area contributed by atoms with Crippen molar-refractivity contribution in [3.8, 4) is 0 Å². The molecule has 232 valence electrons. The lowest BCUT2D eigenvalue weighted by Crippen LogP contribution is -2.32. The van der Waals surface area contributed by atoms with Crippen molar-refractivity contribution in [2.24, 2.45) is 5.73 Å². The number of benzene rings is 3. The summed E-state index contributed by atoms with van der Waals surface area (Å²) in [7, 11) is 0. The minimum atomic E-state index is -0.811. The highest BCUT2D eigenvalue weighted by molar-refractivity contribution is 5.90. The molecular weight excluding hydrogens is 580 g/mol. The number of aryl methyl sites for hydroxylation is 3. The molecule has 3 atom stereocenters. The van der Waals surface area contributed by atoms with E-state index in [1.807, 2.05) is 13.8 Å². The zero-order valence-electron chi connectivity index (χ0n) is 24.8. The molecular formula is C33H32N4O8. The van der Waals surface area contributed by atoms with Gasteiger partial charge in [-0.3, -0.25) is 14.9 Å². The van der Waals surface area contributed by atoms with Gasteiger partial charge < -0.3 is 24.5 Å².